The lowest BCUT2D eigenvalue weighted by molar-refractivity contribution is 0.0998. The second-order valence-corrected chi connectivity index (χ2v) is 9.32. The van der Waals surface area contributed by atoms with Gasteiger partial charge in [0.1, 0.15) is 11.4 Å². The van der Waals surface area contributed by atoms with Crippen LogP contribution in [0.2, 0.25) is 0 Å². The van der Waals surface area contributed by atoms with E-state index < -0.39 is 21.7 Å². The molecule has 0 atom stereocenters. The number of anilines is 1. The van der Waals surface area contributed by atoms with Gasteiger partial charge < -0.3 is 14.6 Å². The summed E-state index contributed by atoms with van der Waals surface area (Å²) in [7, 11) is -1.61. The molecule has 1 fully saturated rings. The third-order valence-electron chi connectivity index (χ3n) is 5.32. The number of furan rings is 1. The highest BCUT2D eigenvalue weighted by Gasteiger charge is 2.27. The second kappa shape index (κ2) is 7.82. The van der Waals surface area contributed by atoms with Crippen LogP contribution in [0.1, 0.15) is 16.1 Å². The van der Waals surface area contributed by atoms with Crippen LogP contribution >= 0.6 is 0 Å². The normalized spacial score (nSPS) is 16.1. The lowest BCUT2D eigenvalue weighted by Crippen LogP contribution is -2.46. The van der Waals surface area contributed by atoms with Crippen molar-refractivity contribution in [1.82, 2.24) is 9.21 Å². The van der Waals surface area contributed by atoms with Crippen molar-refractivity contribution < 1.29 is 22.0 Å². The average Bonchev–Trinajstić information content (AvgIpc) is 3.05. The van der Waals surface area contributed by atoms with Crippen LogP contribution in [0.3, 0.4) is 0 Å². The van der Waals surface area contributed by atoms with Gasteiger partial charge in [0.15, 0.2) is 5.76 Å². The third-order valence-corrected chi connectivity index (χ3v) is 7.23. The summed E-state index contributed by atoms with van der Waals surface area (Å²) >= 11 is 0. The van der Waals surface area contributed by atoms with Crippen LogP contribution in [-0.2, 0) is 10.0 Å². The predicted octanol–water partition coefficient (Wildman–Crippen LogP) is 3.07. The van der Waals surface area contributed by atoms with Crippen molar-refractivity contribution in [2.75, 3.05) is 38.5 Å². The van der Waals surface area contributed by atoms with Gasteiger partial charge in [-0.1, -0.05) is 0 Å². The Bertz CT molecular complexity index is 1200. The molecule has 30 heavy (non-hydrogen) atoms. The summed E-state index contributed by atoms with van der Waals surface area (Å²) in [4.78, 5) is 14.9. The molecule has 0 aliphatic carbocycles. The molecule has 7 nitrogen and oxygen atoms in total. The van der Waals surface area contributed by atoms with Gasteiger partial charge in [-0.25, -0.2) is 12.8 Å². The first-order valence-electron chi connectivity index (χ1n) is 9.54. The Balaban J connectivity index is 1.51. The minimum absolute atomic E-state index is 0.0877. The van der Waals surface area contributed by atoms with Crippen LogP contribution in [0.4, 0.5) is 10.1 Å². The van der Waals surface area contributed by atoms with Crippen LogP contribution in [0.25, 0.3) is 11.0 Å². The fourth-order valence-corrected chi connectivity index (χ4v) is 4.91. The molecule has 2 heterocycles. The number of benzene rings is 2. The smallest absolute Gasteiger partial charge is 0.291 e. The zero-order valence-electron chi connectivity index (χ0n) is 16.7. The van der Waals surface area contributed by atoms with E-state index in [-0.39, 0.29) is 10.7 Å². The number of aryl methyl sites for hydroxylation is 1. The number of carbonyl (C=O) groups is 1. The Morgan fingerprint density at radius 2 is 1.73 bits per heavy atom. The number of sulfonamides is 1. The standard InChI is InChI=1S/C21H22FN3O4S/c1-14-18-13-15(22)3-8-19(18)29-20(14)21(26)23-16-4-6-17(7-5-16)30(27,28)25-11-9-24(2)10-12-25/h3-8,13H,9-12H2,1-2H3,(H,23,26). The summed E-state index contributed by atoms with van der Waals surface area (Å²) in [5.41, 5.74) is 1.40. The molecule has 0 saturated carbocycles. The maximum atomic E-state index is 13.5. The summed E-state index contributed by atoms with van der Waals surface area (Å²) < 4.78 is 46.1. The number of likely N-dealkylation sites (N-methyl/N-ethyl adjacent to an activating group) is 1. The van der Waals surface area contributed by atoms with Gasteiger partial charge in [0, 0.05) is 42.8 Å². The molecular weight excluding hydrogens is 409 g/mol. The van der Waals surface area contributed by atoms with Crippen molar-refractivity contribution in [3.05, 3.63) is 59.6 Å². The maximum Gasteiger partial charge on any atom is 0.291 e. The summed E-state index contributed by atoms with van der Waals surface area (Å²) in [6, 6.07) is 10.1. The van der Waals surface area contributed by atoms with Gasteiger partial charge >= 0.3 is 0 Å². The molecule has 1 amide bonds. The first-order chi connectivity index (χ1) is 14.3. The van der Waals surface area contributed by atoms with E-state index in [2.05, 4.69) is 10.2 Å². The molecule has 0 radical (unpaired) electrons. The summed E-state index contributed by atoms with van der Waals surface area (Å²) in [6.45, 7) is 3.96. The highest BCUT2D eigenvalue weighted by Crippen LogP contribution is 2.27. The average molecular weight is 431 g/mol. The van der Waals surface area contributed by atoms with Crippen molar-refractivity contribution in [2.24, 2.45) is 0 Å². The SMILES string of the molecule is Cc1c(C(=O)Nc2ccc(S(=O)(=O)N3CCN(C)CC3)cc2)oc2ccc(F)cc12. The van der Waals surface area contributed by atoms with Gasteiger partial charge in [-0.05, 0) is 56.4 Å². The fraction of sp³-hybridized carbons (Fsp3) is 0.286. The van der Waals surface area contributed by atoms with Crippen molar-refractivity contribution in [1.29, 1.82) is 0 Å². The zero-order valence-corrected chi connectivity index (χ0v) is 17.5. The summed E-state index contributed by atoms with van der Waals surface area (Å²) in [6.07, 6.45) is 0. The molecule has 158 valence electrons. The highest BCUT2D eigenvalue weighted by molar-refractivity contribution is 7.89. The summed E-state index contributed by atoms with van der Waals surface area (Å²) in [5.74, 6) is -0.806. The number of nitrogens with one attached hydrogen (secondary N) is 1. The molecule has 9 heteroatoms. The van der Waals surface area contributed by atoms with Crippen LogP contribution in [0, 0.1) is 12.7 Å². The predicted molar refractivity (Wildman–Crippen MR) is 112 cm³/mol. The van der Waals surface area contributed by atoms with Crippen molar-refractivity contribution >= 4 is 32.6 Å². The summed E-state index contributed by atoms with van der Waals surface area (Å²) in [5, 5.41) is 3.23. The Kier molecular flexibility index (Phi) is 5.35. The van der Waals surface area contributed by atoms with E-state index >= 15 is 0 Å². The van der Waals surface area contributed by atoms with Gasteiger partial charge in [-0.3, -0.25) is 4.79 Å². The minimum atomic E-state index is -3.57. The second-order valence-electron chi connectivity index (χ2n) is 7.38. The van der Waals surface area contributed by atoms with Crippen LogP contribution in [-0.4, -0.2) is 56.8 Å². The molecule has 0 unspecified atom stereocenters. The number of fused-ring (bicyclic) bond motifs is 1. The number of amides is 1. The van der Waals surface area contributed by atoms with E-state index in [9.17, 15) is 17.6 Å². The number of hydrogen-bond donors (Lipinski definition) is 1. The molecule has 0 spiro atoms. The number of piperazine rings is 1. The van der Waals surface area contributed by atoms with Gasteiger partial charge in [0.2, 0.25) is 10.0 Å². The lowest BCUT2D eigenvalue weighted by atomic mass is 10.1. The van der Waals surface area contributed by atoms with Gasteiger partial charge in [-0.15, -0.1) is 0 Å². The Morgan fingerprint density at radius 1 is 1.07 bits per heavy atom. The Morgan fingerprint density at radius 3 is 2.40 bits per heavy atom. The van der Waals surface area contributed by atoms with Gasteiger partial charge in [0.25, 0.3) is 5.91 Å². The number of rotatable bonds is 4. The van der Waals surface area contributed by atoms with E-state index in [4.69, 9.17) is 4.42 Å². The molecule has 1 saturated heterocycles. The first kappa shape index (κ1) is 20.5. The topological polar surface area (TPSA) is 82.9 Å². The molecule has 1 aliphatic rings. The largest absolute Gasteiger partial charge is 0.451 e. The molecule has 1 aliphatic heterocycles. The van der Waals surface area contributed by atoms with Crippen LogP contribution in [0.15, 0.2) is 51.8 Å². The zero-order chi connectivity index (χ0) is 21.5. The van der Waals surface area contributed by atoms with Crippen LogP contribution < -0.4 is 5.32 Å². The number of nitrogens with zero attached hydrogens (tertiary/aromatic N) is 2. The Labute approximate surface area is 174 Å². The number of halogens is 1. The molecule has 1 aromatic heterocycles. The van der Waals surface area contributed by atoms with Crippen molar-refractivity contribution in [3.63, 3.8) is 0 Å². The van der Waals surface area contributed by atoms with E-state index in [1.54, 1.807) is 19.1 Å². The molecule has 2 aromatic carbocycles. The van der Waals surface area contributed by atoms with E-state index in [1.807, 2.05) is 7.05 Å². The van der Waals surface area contributed by atoms with Gasteiger partial charge in [0.05, 0.1) is 4.90 Å². The van der Waals surface area contributed by atoms with E-state index in [0.717, 1.165) is 0 Å². The molecule has 1 N–H and O–H groups in total. The molecule has 3 aromatic rings. The van der Waals surface area contributed by atoms with E-state index in [0.29, 0.717) is 48.4 Å². The first-order valence-corrected chi connectivity index (χ1v) is 11.0. The molecule has 4 rings (SSSR count). The fourth-order valence-electron chi connectivity index (χ4n) is 3.49. The Hall–Kier alpha value is -2.75. The molecule has 0 bridgehead atoms. The van der Waals surface area contributed by atoms with Gasteiger partial charge in [-0.2, -0.15) is 4.31 Å². The van der Waals surface area contributed by atoms with E-state index in [1.165, 1.54) is 34.6 Å². The monoisotopic (exact) mass is 431 g/mol. The van der Waals surface area contributed by atoms with Crippen molar-refractivity contribution in [3.8, 4) is 0 Å². The molecular formula is C21H22FN3O4S. The maximum absolute atomic E-state index is 13.5. The lowest BCUT2D eigenvalue weighted by Gasteiger charge is -2.31. The quantitative estimate of drug-likeness (QED) is 0.687. The minimum Gasteiger partial charge on any atom is -0.451 e. The van der Waals surface area contributed by atoms with Crippen molar-refractivity contribution in [2.45, 2.75) is 11.8 Å². The highest BCUT2D eigenvalue weighted by atomic mass is 32.2. The third kappa shape index (κ3) is 3.83. The number of carbonyl (C=O) groups excluding carboxylic acids is 1. The van der Waals surface area contributed by atoms with Crippen LogP contribution in [0.5, 0.6) is 0 Å². The number of hydrogen-bond acceptors (Lipinski definition) is 5.